The van der Waals surface area contributed by atoms with Gasteiger partial charge in [-0.15, -0.1) is 0 Å². The maximum Gasteiger partial charge on any atom is 0.145 e. The first-order valence-corrected chi connectivity index (χ1v) is 22.9. The van der Waals surface area contributed by atoms with Crippen molar-refractivity contribution in [1.29, 1.82) is 0 Å². The van der Waals surface area contributed by atoms with E-state index in [1.807, 2.05) is 0 Å². The molecule has 2 nitrogen and oxygen atoms in total. The Kier molecular flexibility index (Phi) is 8.03. The molecule has 0 fully saturated rings. The van der Waals surface area contributed by atoms with E-state index in [2.05, 4.69) is 239 Å². The third-order valence-corrected chi connectivity index (χ3v) is 14.8. The fourth-order valence-electron chi connectivity index (χ4n) is 11.6. The zero-order valence-electron chi connectivity index (χ0n) is 37.0. The van der Waals surface area contributed by atoms with Crippen molar-refractivity contribution in [2.75, 3.05) is 0 Å². The molecule has 0 atom stereocenters. The first-order valence-electron chi connectivity index (χ1n) is 22.9. The van der Waals surface area contributed by atoms with Crippen molar-refractivity contribution in [2.24, 2.45) is 0 Å². The molecule has 0 N–H and O–H groups in total. The van der Waals surface area contributed by atoms with Gasteiger partial charge in [-0.1, -0.05) is 191 Å². The average Bonchev–Trinajstić information content (AvgIpc) is 3.93. The van der Waals surface area contributed by atoms with Gasteiger partial charge in [-0.3, -0.25) is 4.57 Å². The minimum Gasteiger partial charge on any atom is -0.292 e. The number of rotatable bonds is 5. The largest absolute Gasteiger partial charge is 0.292 e. The van der Waals surface area contributed by atoms with E-state index >= 15 is 0 Å². The molecule has 2 heteroatoms. The van der Waals surface area contributed by atoms with Crippen LogP contribution in [0.3, 0.4) is 0 Å². The first-order chi connectivity index (χ1) is 31.8. The molecule has 11 aromatic rings. The Morgan fingerprint density at radius 1 is 0.338 bits per heavy atom. The molecule has 0 aliphatic heterocycles. The van der Waals surface area contributed by atoms with E-state index < -0.39 is 0 Å². The van der Waals surface area contributed by atoms with Crippen LogP contribution in [0, 0.1) is 0 Å². The van der Waals surface area contributed by atoms with Gasteiger partial charge in [0.25, 0.3) is 0 Å². The van der Waals surface area contributed by atoms with Gasteiger partial charge in [-0.25, -0.2) is 4.98 Å². The molecule has 0 unspecified atom stereocenters. The molecule has 0 spiro atoms. The molecule has 0 saturated carbocycles. The van der Waals surface area contributed by atoms with Crippen molar-refractivity contribution < 1.29 is 0 Å². The van der Waals surface area contributed by atoms with Gasteiger partial charge in [-0.2, -0.15) is 0 Å². The molecule has 0 saturated heterocycles. The van der Waals surface area contributed by atoms with E-state index in [0.29, 0.717) is 0 Å². The van der Waals surface area contributed by atoms with Crippen LogP contribution in [0.5, 0.6) is 0 Å². The monoisotopic (exact) mass is 830 g/mol. The number of hydrogen-bond donors (Lipinski definition) is 0. The van der Waals surface area contributed by atoms with Crippen molar-refractivity contribution in [3.8, 4) is 72.7 Å². The lowest BCUT2D eigenvalue weighted by Gasteiger charge is -2.24. The molecule has 1 aromatic heterocycles. The smallest absolute Gasteiger partial charge is 0.145 e. The molecule has 308 valence electrons. The summed E-state index contributed by atoms with van der Waals surface area (Å²) >= 11 is 0. The molecule has 10 aromatic carbocycles. The highest BCUT2D eigenvalue weighted by atomic mass is 15.1. The van der Waals surface area contributed by atoms with Gasteiger partial charge >= 0.3 is 0 Å². The maximum absolute atomic E-state index is 5.24. The van der Waals surface area contributed by atoms with Crippen LogP contribution in [0.15, 0.2) is 206 Å². The van der Waals surface area contributed by atoms with Gasteiger partial charge in [-0.05, 0) is 142 Å². The highest BCUT2D eigenvalue weighted by Crippen LogP contribution is 2.53. The number of para-hydroxylation sites is 1. The highest BCUT2D eigenvalue weighted by molar-refractivity contribution is 6.22. The van der Waals surface area contributed by atoms with E-state index in [1.165, 1.54) is 93.9 Å². The summed E-state index contributed by atoms with van der Waals surface area (Å²) in [5.41, 5.74) is 22.2. The second-order valence-corrected chi connectivity index (χ2v) is 19.1. The molecular weight excluding hydrogens is 785 g/mol. The van der Waals surface area contributed by atoms with Gasteiger partial charge < -0.3 is 0 Å². The Balaban J connectivity index is 1.08. The van der Waals surface area contributed by atoms with Crippen LogP contribution in [0.1, 0.15) is 49.9 Å². The molecule has 13 rings (SSSR count). The fourth-order valence-corrected chi connectivity index (χ4v) is 11.6. The van der Waals surface area contributed by atoms with E-state index in [9.17, 15) is 0 Å². The maximum atomic E-state index is 5.24. The van der Waals surface area contributed by atoms with Gasteiger partial charge in [0, 0.05) is 22.1 Å². The van der Waals surface area contributed by atoms with Gasteiger partial charge in [0.1, 0.15) is 5.82 Å². The molecule has 2 aliphatic rings. The Bertz CT molecular complexity index is 3750. The predicted molar refractivity (Wildman–Crippen MR) is 273 cm³/mol. The molecule has 0 radical (unpaired) electrons. The summed E-state index contributed by atoms with van der Waals surface area (Å²) in [5.74, 6) is 0.933. The summed E-state index contributed by atoms with van der Waals surface area (Å²) in [6.07, 6.45) is 0. The van der Waals surface area contributed by atoms with Crippen molar-refractivity contribution >= 4 is 32.6 Å². The van der Waals surface area contributed by atoms with Crippen molar-refractivity contribution in [1.82, 2.24) is 9.55 Å². The van der Waals surface area contributed by atoms with Crippen LogP contribution in [0.4, 0.5) is 0 Å². The van der Waals surface area contributed by atoms with Crippen molar-refractivity contribution in [3.63, 3.8) is 0 Å². The third kappa shape index (κ3) is 5.50. The molecule has 0 amide bonds. The topological polar surface area (TPSA) is 17.8 Å². The summed E-state index contributed by atoms with van der Waals surface area (Å²) in [6, 6.07) is 76.6. The van der Waals surface area contributed by atoms with Gasteiger partial charge in [0.05, 0.1) is 11.0 Å². The number of benzene rings is 10. The SMILES string of the molecule is CC1(C)c2ccccc2-c2ccc(-c3c4ccccc4c(-c4ccc5c(c4)C(C)(C)c4ccccc4-5)c4cc(-c5ccc6nc(-c7ccccc7)n(-c7ccccc7)c6c5)ccc34)cc21. The standard InChI is InChI=1S/C63H46N2/c1-62(2)53-25-15-13-21-45(53)47-31-28-42(36-55(47)62)59-49-23-11-12-24-50(49)60(43-29-32-48-46-22-14-16-26-54(46)63(3,4)56(48)37-43)52-35-40(27-33-51(52)59)41-30-34-57-58(38-41)65(44-19-9-6-10-20-44)61(64-57)39-17-7-5-8-18-39/h5-38H,1-4H3. The van der Waals surface area contributed by atoms with Gasteiger partial charge in [0.2, 0.25) is 0 Å². The summed E-state index contributed by atoms with van der Waals surface area (Å²) in [5, 5.41) is 5.02. The highest BCUT2D eigenvalue weighted by Gasteiger charge is 2.37. The molecule has 2 aliphatic carbocycles. The normalized spacial score (nSPS) is 14.1. The van der Waals surface area contributed by atoms with Crippen LogP contribution < -0.4 is 0 Å². The molecule has 0 bridgehead atoms. The average molecular weight is 831 g/mol. The Morgan fingerprint density at radius 2 is 0.800 bits per heavy atom. The molecule has 65 heavy (non-hydrogen) atoms. The zero-order valence-corrected chi connectivity index (χ0v) is 37.0. The summed E-state index contributed by atoms with van der Waals surface area (Å²) in [4.78, 5) is 5.24. The minimum atomic E-state index is -0.122. The zero-order chi connectivity index (χ0) is 43.6. The van der Waals surface area contributed by atoms with Crippen LogP contribution in [-0.4, -0.2) is 9.55 Å². The second kappa shape index (κ2) is 13.8. The summed E-state index contributed by atoms with van der Waals surface area (Å²) in [6.45, 7) is 9.52. The fraction of sp³-hybridized carbons (Fsp3) is 0.0952. The number of hydrogen-bond acceptors (Lipinski definition) is 1. The minimum absolute atomic E-state index is 0.110. The van der Waals surface area contributed by atoms with Crippen LogP contribution in [0.2, 0.25) is 0 Å². The molecular formula is C63H46N2. The lowest BCUT2D eigenvalue weighted by atomic mass is 9.79. The van der Waals surface area contributed by atoms with E-state index in [4.69, 9.17) is 4.98 Å². The van der Waals surface area contributed by atoms with E-state index in [0.717, 1.165) is 33.7 Å². The second-order valence-electron chi connectivity index (χ2n) is 19.1. The Labute approximate surface area is 380 Å². The number of nitrogens with zero attached hydrogens (tertiary/aromatic N) is 2. The Hall–Kier alpha value is -7.81. The van der Waals surface area contributed by atoms with Gasteiger partial charge in [0.15, 0.2) is 0 Å². The molecule has 1 heterocycles. The predicted octanol–water partition coefficient (Wildman–Crippen LogP) is 16.6. The Morgan fingerprint density at radius 3 is 1.42 bits per heavy atom. The summed E-state index contributed by atoms with van der Waals surface area (Å²) < 4.78 is 2.31. The first kappa shape index (κ1) is 37.7. The van der Waals surface area contributed by atoms with Crippen molar-refractivity contribution in [2.45, 2.75) is 38.5 Å². The van der Waals surface area contributed by atoms with Crippen molar-refractivity contribution in [3.05, 3.63) is 229 Å². The van der Waals surface area contributed by atoms with E-state index in [1.54, 1.807) is 0 Å². The number of fused-ring (bicyclic) bond motifs is 9. The van der Waals surface area contributed by atoms with Crippen LogP contribution >= 0.6 is 0 Å². The number of imidazole rings is 1. The number of aromatic nitrogens is 2. The van der Waals surface area contributed by atoms with Crippen LogP contribution in [0.25, 0.3) is 105 Å². The quantitative estimate of drug-likeness (QED) is 0.158. The lowest BCUT2D eigenvalue weighted by Crippen LogP contribution is -2.15. The van der Waals surface area contributed by atoms with Crippen LogP contribution in [-0.2, 0) is 10.8 Å². The lowest BCUT2D eigenvalue weighted by molar-refractivity contribution is 0.660. The third-order valence-electron chi connectivity index (χ3n) is 14.8. The summed E-state index contributed by atoms with van der Waals surface area (Å²) in [7, 11) is 0. The van der Waals surface area contributed by atoms with E-state index in [-0.39, 0.29) is 10.8 Å².